The zero-order valence-corrected chi connectivity index (χ0v) is 15.1. The van der Waals surface area contributed by atoms with E-state index in [0.29, 0.717) is 17.8 Å². The summed E-state index contributed by atoms with van der Waals surface area (Å²) in [5, 5.41) is 0. The van der Waals surface area contributed by atoms with Gasteiger partial charge in [0.1, 0.15) is 23.7 Å². The van der Waals surface area contributed by atoms with Gasteiger partial charge in [0.25, 0.3) is 0 Å². The molecule has 5 nitrogen and oxygen atoms in total. The summed E-state index contributed by atoms with van der Waals surface area (Å²) in [4.78, 5) is 35.6. The molecule has 2 aromatic rings. The van der Waals surface area contributed by atoms with E-state index in [1.165, 1.54) is 12.2 Å². The van der Waals surface area contributed by atoms with E-state index in [-0.39, 0.29) is 0 Å². The molecule has 2 aromatic carbocycles. The van der Waals surface area contributed by atoms with E-state index in [4.69, 9.17) is 9.47 Å². The second-order valence-electron chi connectivity index (χ2n) is 5.63. The molecule has 0 spiro atoms. The zero-order valence-electron chi connectivity index (χ0n) is 15.1. The van der Waals surface area contributed by atoms with Gasteiger partial charge in [-0.25, -0.2) is 0 Å². The SMILES string of the molecule is COc1ccc(/C=C/C(=O)C(C=O)C(=O)/C=C/c2ccc(OC)cc2)cc1. The van der Waals surface area contributed by atoms with Crippen LogP contribution in [0.3, 0.4) is 0 Å². The maximum Gasteiger partial charge on any atom is 0.173 e. The number of ketones is 2. The summed E-state index contributed by atoms with van der Waals surface area (Å²) in [5.74, 6) is -1.09. The Bertz CT molecular complexity index is 776. The van der Waals surface area contributed by atoms with E-state index in [1.807, 2.05) is 0 Å². The van der Waals surface area contributed by atoms with Gasteiger partial charge in [-0.15, -0.1) is 0 Å². The summed E-state index contributed by atoms with van der Waals surface area (Å²) < 4.78 is 10.1. The fraction of sp³-hybridized carbons (Fsp3) is 0.136. The van der Waals surface area contributed by atoms with Crippen LogP contribution in [0.2, 0.25) is 0 Å². The van der Waals surface area contributed by atoms with E-state index < -0.39 is 17.5 Å². The number of carbonyl (C=O) groups excluding carboxylic acids is 3. The molecule has 27 heavy (non-hydrogen) atoms. The number of aldehydes is 1. The van der Waals surface area contributed by atoms with Crippen molar-refractivity contribution in [3.8, 4) is 11.5 Å². The highest BCUT2D eigenvalue weighted by Gasteiger charge is 2.21. The Morgan fingerprint density at radius 3 is 1.41 bits per heavy atom. The Kier molecular flexibility index (Phi) is 7.26. The smallest absolute Gasteiger partial charge is 0.173 e. The highest BCUT2D eigenvalue weighted by atomic mass is 16.5. The number of methoxy groups -OCH3 is 2. The zero-order chi connectivity index (χ0) is 19.6. The standard InChI is InChI=1S/C22H20O5/c1-26-18-9-3-16(4-10-18)7-13-21(24)20(15-23)22(25)14-8-17-5-11-19(27-2)12-6-17/h3-15,20H,1-2H3/b13-7+,14-8+. The summed E-state index contributed by atoms with van der Waals surface area (Å²) in [6.07, 6.45) is 5.94. The minimum absolute atomic E-state index is 0.362. The maximum absolute atomic E-state index is 12.2. The van der Waals surface area contributed by atoms with Crippen LogP contribution in [-0.2, 0) is 14.4 Å². The molecule has 0 aromatic heterocycles. The predicted molar refractivity (Wildman–Crippen MR) is 104 cm³/mol. The first-order valence-electron chi connectivity index (χ1n) is 8.24. The summed E-state index contributed by atoms with van der Waals surface area (Å²) in [6, 6.07) is 14.1. The minimum atomic E-state index is -1.35. The normalized spacial score (nSPS) is 11.1. The fourth-order valence-corrected chi connectivity index (χ4v) is 2.27. The Morgan fingerprint density at radius 2 is 1.11 bits per heavy atom. The lowest BCUT2D eigenvalue weighted by Gasteiger charge is -2.03. The van der Waals surface area contributed by atoms with Gasteiger partial charge in [-0.05, 0) is 47.5 Å². The molecule has 0 aliphatic heterocycles. The molecule has 0 N–H and O–H groups in total. The number of hydrogen-bond acceptors (Lipinski definition) is 5. The Hall–Kier alpha value is -3.47. The van der Waals surface area contributed by atoms with Crippen LogP contribution < -0.4 is 9.47 Å². The van der Waals surface area contributed by atoms with E-state index in [9.17, 15) is 14.4 Å². The predicted octanol–water partition coefficient (Wildman–Crippen LogP) is 3.38. The molecule has 0 fully saturated rings. The van der Waals surface area contributed by atoms with Crippen LogP contribution in [0.25, 0.3) is 12.2 Å². The Morgan fingerprint density at radius 1 is 0.741 bits per heavy atom. The van der Waals surface area contributed by atoms with E-state index in [2.05, 4.69) is 0 Å². The van der Waals surface area contributed by atoms with Crippen LogP contribution in [0, 0.1) is 5.92 Å². The van der Waals surface area contributed by atoms with Crippen molar-refractivity contribution in [2.24, 2.45) is 5.92 Å². The van der Waals surface area contributed by atoms with E-state index in [1.54, 1.807) is 74.9 Å². The quantitative estimate of drug-likeness (QED) is 0.388. The molecule has 0 saturated heterocycles. The van der Waals surface area contributed by atoms with Crippen molar-refractivity contribution < 1.29 is 23.9 Å². The number of allylic oxidation sites excluding steroid dienone is 2. The van der Waals surface area contributed by atoms with Gasteiger partial charge in [-0.2, -0.15) is 0 Å². The third-order valence-corrected chi connectivity index (χ3v) is 3.86. The van der Waals surface area contributed by atoms with Gasteiger partial charge in [-0.1, -0.05) is 36.4 Å². The molecule has 0 amide bonds. The molecule has 0 atom stereocenters. The molecule has 0 bridgehead atoms. The van der Waals surface area contributed by atoms with Crippen molar-refractivity contribution >= 4 is 30.0 Å². The van der Waals surface area contributed by atoms with Gasteiger partial charge in [0.15, 0.2) is 11.6 Å². The molecular weight excluding hydrogens is 344 g/mol. The molecule has 0 radical (unpaired) electrons. The molecule has 0 aliphatic rings. The molecular formula is C22H20O5. The molecule has 5 heteroatoms. The van der Waals surface area contributed by atoms with Gasteiger partial charge < -0.3 is 14.3 Å². The second kappa shape index (κ2) is 9.87. The first-order chi connectivity index (χ1) is 13.1. The molecule has 0 unspecified atom stereocenters. The first kappa shape index (κ1) is 19.8. The number of carbonyl (C=O) groups is 3. The fourth-order valence-electron chi connectivity index (χ4n) is 2.27. The van der Waals surface area contributed by atoms with Crippen molar-refractivity contribution in [1.29, 1.82) is 0 Å². The average molecular weight is 364 g/mol. The van der Waals surface area contributed by atoms with Crippen LogP contribution in [0.15, 0.2) is 60.7 Å². The number of benzene rings is 2. The van der Waals surface area contributed by atoms with Gasteiger partial charge in [-0.3, -0.25) is 9.59 Å². The van der Waals surface area contributed by atoms with Gasteiger partial charge in [0.05, 0.1) is 14.2 Å². The minimum Gasteiger partial charge on any atom is -0.497 e. The summed E-state index contributed by atoms with van der Waals surface area (Å²) in [5.41, 5.74) is 1.52. The molecule has 138 valence electrons. The maximum atomic E-state index is 12.2. The van der Waals surface area contributed by atoms with Crippen LogP contribution in [-0.4, -0.2) is 32.1 Å². The molecule has 0 heterocycles. The monoisotopic (exact) mass is 364 g/mol. The first-order valence-corrected chi connectivity index (χ1v) is 8.24. The van der Waals surface area contributed by atoms with Gasteiger partial charge in [0, 0.05) is 0 Å². The van der Waals surface area contributed by atoms with Crippen molar-refractivity contribution in [2.75, 3.05) is 14.2 Å². The van der Waals surface area contributed by atoms with E-state index >= 15 is 0 Å². The largest absolute Gasteiger partial charge is 0.497 e. The average Bonchev–Trinajstić information content (AvgIpc) is 2.72. The van der Waals surface area contributed by atoms with Crippen LogP contribution in [0.1, 0.15) is 11.1 Å². The number of hydrogen-bond donors (Lipinski definition) is 0. The highest BCUT2D eigenvalue weighted by Crippen LogP contribution is 2.14. The molecule has 0 aliphatic carbocycles. The summed E-state index contributed by atoms with van der Waals surface area (Å²) in [7, 11) is 3.13. The summed E-state index contributed by atoms with van der Waals surface area (Å²) in [6.45, 7) is 0. The Labute approximate surface area is 157 Å². The van der Waals surface area contributed by atoms with Crippen molar-refractivity contribution in [1.82, 2.24) is 0 Å². The number of rotatable bonds is 9. The van der Waals surface area contributed by atoms with Crippen LogP contribution in [0.4, 0.5) is 0 Å². The van der Waals surface area contributed by atoms with Crippen molar-refractivity contribution in [3.63, 3.8) is 0 Å². The lowest BCUT2D eigenvalue weighted by atomic mass is 9.98. The Balaban J connectivity index is 2.03. The topological polar surface area (TPSA) is 69.7 Å². The second-order valence-corrected chi connectivity index (χ2v) is 5.63. The number of ether oxygens (including phenoxy) is 2. The third kappa shape index (κ3) is 5.78. The lowest BCUT2D eigenvalue weighted by molar-refractivity contribution is -0.131. The molecule has 2 rings (SSSR count). The van der Waals surface area contributed by atoms with Gasteiger partial charge in [0.2, 0.25) is 0 Å². The van der Waals surface area contributed by atoms with Gasteiger partial charge >= 0.3 is 0 Å². The summed E-state index contributed by atoms with van der Waals surface area (Å²) >= 11 is 0. The molecule has 0 saturated carbocycles. The van der Waals surface area contributed by atoms with Crippen molar-refractivity contribution in [3.05, 3.63) is 71.8 Å². The van der Waals surface area contributed by atoms with E-state index in [0.717, 1.165) is 11.1 Å². The lowest BCUT2D eigenvalue weighted by Crippen LogP contribution is -2.22. The third-order valence-electron chi connectivity index (χ3n) is 3.86. The van der Waals surface area contributed by atoms with Crippen molar-refractivity contribution in [2.45, 2.75) is 0 Å². The van der Waals surface area contributed by atoms with Crippen LogP contribution >= 0.6 is 0 Å². The highest BCUT2D eigenvalue weighted by molar-refractivity contribution is 6.21. The van der Waals surface area contributed by atoms with Crippen LogP contribution in [0.5, 0.6) is 11.5 Å².